The molecule has 2 aromatic rings. The monoisotopic (exact) mass is 451 g/mol. The van der Waals surface area contributed by atoms with Gasteiger partial charge in [-0.05, 0) is 38.5 Å². The van der Waals surface area contributed by atoms with Gasteiger partial charge in [0.1, 0.15) is 0 Å². The molecular formula is C21H34ClN7O2. The van der Waals surface area contributed by atoms with Gasteiger partial charge in [0.15, 0.2) is 11.2 Å². The Morgan fingerprint density at radius 2 is 1.71 bits per heavy atom. The number of amidine groups is 1. The molecule has 31 heavy (non-hydrogen) atoms. The third-order valence-electron chi connectivity index (χ3n) is 6.23. The summed E-state index contributed by atoms with van der Waals surface area (Å²) in [6.45, 7) is 4.27. The Bertz CT molecular complexity index is 1050. The second-order valence-corrected chi connectivity index (χ2v) is 8.41. The minimum atomic E-state index is -0.338. The first-order valence-electron chi connectivity index (χ1n) is 11.3. The van der Waals surface area contributed by atoms with Gasteiger partial charge in [0.05, 0.1) is 5.84 Å². The summed E-state index contributed by atoms with van der Waals surface area (Å²) in [5.74, 6) is 1.92. The Morgan fingerprint density at radius 3 is 2.48 bits per heavy atom. The molecule has 1 fully saturated rings. The van der Waals surface area contributed by atoms with Crippen LogP contribution in [-0.2, 0) is 20.6 Å². The number of imidazole rings is 1. The van der Waals surface area contributed by atoms with E-state index in [0.717, 1.165) is 63.6 Å². The summed E-state index contributed by atoms with van der Waals surface area (Å²) >= 11 is 0. The van der Waals surface area contributed by atoms with E-state index in [-0.39, 0.29) is 23.7 Å². The van der Waals surface area contributed by atoms with Crippen LogP contribution in [0.5, 0.6) is 0 Å². The number of nitrogens with one attached hydrogen (secondary N) is 1. The fourth-order valence-electron chi connectivity index (χ4n) is 4.47. The summed E-state index contributed by atoms with van der Waals surface area (Å²) in [6, 6.07) is 0. The summed E-state index contributed by atoms with van der Waals surface area (Å²) in [7, 11) is 3.22. The predicted octanol–water partition coefficient (Wildman–Crippen LogP) is 1.80. The maximum absolute atomic E-state index is 13.0. The average molecular weight is 452 g/mol. The van der Waals surface area contributed by atoms with Crippen molar-refractivity contribution in [3.63, 3.8) is 0 Å². The van der Waals surface area contributed by atoms with Gasteiger partial charge in [-0.3, -0.25) is 18.9 Å². The lowest BCUT2D eigenvalue weighted by Crippen LogP contribution is -2.37. The largest absolute Gasteiger partial charge is 0.374 e. The fraction of sp³-hybridized carbons (Fsp3) is 0.714. The molecule has 4 heterocycles. The first kappa shape index (κ1) is 23.4. The van der Waals surface area contributed by atoms with E-state index in [4.69, 9.17) is 4.98 Å². The van der Waals surface area contributed by atoms with Crippen LogP contribution in [0, 0.1) is 0 Å². The first-order chi connectivity index (χ1) is 14.6. The van der Waals surface area contributed by atoms with Gasteiger partial charge >= 0.3 is 5.69 Å². The van der Waals surface area contributed by atoms with E-state index in [1.165, 1.54) is 41.9 Å². The van der Waals surface area contributed by atoms with Crippen LogP contribution in [0.3, 0.4) is 0 Å². The number of aromatic nitrogens is 4. The van der Waals surface area contributed by atoms with Crippen LogP contribution in [0.2, 0.25) is 0 Å². The molecule has 0 atom stereocenters. The smallest absolute Gasteiger partial charge is 0.332 e. The van der Waals surface area contributed by atoms with Crippen LogP contribution in [0.4, 0.5) is 5.95 Å². The van der Waals surface area contributed by atoms with Gasteiger partial charge in [0, 0.05) is 53.2 Å². The van der Waals surface area contributed by atoms with Gasteiger partial charge in [-0.15, -0.1) is 12.4 Å². The van der Waals surface area contributed by atoms with Crippen molar-refractivity contribution in [3.05, 3.63) is 20.8 Å². The van der Waals surface area contributed by atoms with Crippen molar-refractivity contribution in [1.82, 2.24) is 24.0 Å². The highest BCUT2D eigenvalue weighted by Crippen LogP contribution is 2.23. The summed E-state index contributed by atoms with van der Waals surface area (Å²) in [4.78, 5) is 37.0. The summed E-state index contributed by atoms with van der Waals surface area (Å²) < 4.78 is 4.69. The number of aryl methyl sites for hydroxylation is 2. The first-order valence-corrected chi connectivity index (χ1v) is 11.3. The quantitative estimate of drug-likeness (QED) is 0.700. The van der Waals surface area contributed by atoms with Crippen molar-refractivity contribution in [2.45, 2.75) is 57.9 Å². The molecule has 10 heteroatoms. The van der Waals surface area contributed by atoms with Gasteiger partial charge < -0.3 is 14.8 Å². The molecule has 0 radical (unpaired) electrons. The zero-order valence-corrected chi connectivity index (χ0v) is 19.4. The van der Waals surface area contributed by atoms with E-state index in [9.17, 15) is 9.59 Å². The summed E-state index contributed by atoms with van der Waals surface area (Å²) in [6.07, 6.45) is 8.98. The normalized spacial score (nSPS) is 17.2. The number of halogens is 1. The Labute approximate surface area is 188 Å². The minimum Gasteiger partial charge on any atom is -0.374 e. The number of aliphatic imine (C=N–C) groups is 1. The molecule has 2 aromatic heterocycles. The molecule has 0 amide bonds. The number of piperidine rings is 1. The molecule has 1 N–H and O–H groups in total. The predicted molar refractivity (Wildman–Crippen MR) is 127 cm³/mol. The standard InChI is InChI=1S/C21H33N7O2.ClH/c1-25-18-17(19(29)26(2)21(25)30)28(20(24-18)27-13-7-4-8-14-27)15-9-12-23-16-10-5-3-6-11-22-16;/h3-15H2,1-2H3,(H,22,23);1H. The Morgan fingerprint density at radius 1 is 0.968 bits per heavy atom. The molecule has 0 saturated carbocycles. The summed E-state index contributed by atoms with van der Waals surface area (Å²) in [5, 5.41) is 3.48. The molecule has 0 spiro atoms. The Balaban J connectivity index is 0.00000272. The highest BCUT2D eigenvalue weighted by Gasteiger charge is 2.23. The number of fused-ring (bicyclic) bond motifs is 1. The fourth-order valence-corrected chi connectivity index (χ4v) is 4.47. The zero-order chi connectivity index (χ0) is 21.1. The van der Waals surface area contributed by atoms with Gasteiger partial charge in [0.25, 0.3) is 5.56 Å². The molecule has 4 rings (SSSR count). The maximum atomic E-state index is 13.0. The molecule has 0 aromatic carbocycles. The number of rotatable bonds is 5. The van der Waals surface area contributed by atoms with Gasteiger partial charge in [0.2, 0.25) is 5.95 Å². The molecule has 2 aliphatic rings. The van der Waals surface area contributed by atoms with Gasteiger partial charge in [-0.2, -0.15) is 4.98 Å². The molecule has 0 bridgehead atoms. The van der Waals surface area contributed by atoms with Crippen molar-refractivity contribution in [2.75, 3.05) is 31.1 Å². The second-order valence-electron chi connectivity index (χ2n) is 8.41. The molecule has 0 aliphatic carbocycles. The molecule has 9 nitrogen and oxygen atoms in total. The highest BCUT2D eigenvalue weighted by atomic mass is 35.5. The topological polar surface area (TPSA) is 89.4 Å². The number of hydrogen-bond donors (Lipinski definition) is 1. The van der Waals surface area contributed by atoms with Crippen LogP contribution in [0.25, 0.3) is 11.2 Å². The number of nitrogens with zero attached hydrogens (tertiary/aromatic N) is 6. The lowest BCUT2D eigenvalue weighted by molar-refractivity contribution is 0.549. The molecule has 172 valence electrons. The summed E-state index contributed by atoms with van der Waals surface area (Å²) in [5.41, 5.74) is 0.386. The second kappa shape index (κ2) is 10.3. The van der Waals surface area contributed by atoms with Gasteiger partial charge in [-0.25, -0.2) is 4.79 Å². The van der Waals surface area contributed by atoms with Crippen molar-refractivity contribution >= 4 is 35.4 Å². The van der Waals surface area contributed by atoms with E-state index < -0.39 is 0 Å². The van der Waals surface area contributed by atoms with E-state index in [1.54, 1.807) is 7.05 Å². The van der Waals surface area contributed by atoms with E-state index in [1.807, 2.05) is 4.57 Å². The van der Waals surface area contributed by atoms with E-state index in [2.05, 4.69) is 15.2 Å². The minimum absolute atomic E-state index is 0. The highest BCUT2D eigenvalue weighted by molar-refractivity contribution is 5.85. The van der Waals surface area contributed by atoms with E-state index in [0.29, 0.717) is 17.7 Å². The van der Waals surface area contributed by atoms with Crippen LogP contribution in [-0.4, -0.2) is 50.7 Å². The number of hydrogen-bond acceptors (Lipinski definition) is 6. The van der Waals surface area contributed by atoms with Crippen molar-refractivity contribution in [2.24, 2.45) is 19.1 Å². The molecule has 1 saturated heterocycles. The SMILES string of the molecule is Cl.Cn1c(=O)c2c(nc(N3CCCCC3)n2CCCNC2=NCCCCC2)n(C)c1=O. The van der Waals surface area contributed by atoms with Crippen LogP contribution in [0.15, 0.2) is 14.6 Å². The van der Waals surface area contributed by atoms with Crippen molar-refractivity contribution < 1.29 is 0 Å². The lowest BCUT2D eigenvalue weighted by atomic mass is 10.1. The number of anilines is 1. The Kier molecular flexibility index (Phi) is 7.80. The third kappa shape index (κ3) is 4.81. The third-order valence-corrected chi connectivity index (χ3v) is 6.23. The zero-order valence-electron chi connectivity index (χ0n) is 18.6. The van der Waals surface area contributed by atoms with Gasteiger partial charge in [-0.1, -0.05) is 6.42 Å². The average Bonchev–Trinajstić information content (AvgIpc) is 2.95. The van der Waals surface area contributed by atoms with Crippen molar-refractivity contribution in [1.29, 1.82) is 0 Å². The van der Waals surface area contributed by atoms with E-state index >= 15 is 0 Å². The lowest BCUT2D eigenvalue weighted by Gasteiger charge is -2.28. The molecule has 0 unspecified atom stereocenters. The maximum Gasteiger partial charge on any atom is 0.332 e. The molecule has 2 aliphatic heterocycles. The van der Waals surface area contributed by atoms with Crippen LogP contribution >= 0.6 is 12.4 Å². The Hall–Kier alpha value is -2.29. The van der Waals surface area contributed by atoms with Crippen LogP contribution < -0.4 is 21.5 Å². The molecular weight excluding hydrogens is 418 g/mol. The van der Waals surface area contributed by atoms with Crippen molar-refractivity contribution in [3.8, 4) is 0 Å². The van der Waals surface area contributed by atoms with Crippen LogP contribution in [0.1, 0.15) is 51.4 Å².